The van der Waals surface area contributed by atoms with E-state index >= 15 is 0 Å². The number of alkyl carbamates (subject to hydrolysis) is 2. The van der Waals surface area contributed by atoms with E-state index in [0.717, 1.165) is 60.8 Å². The van der Waals surface area contributed by atoms with Gasteiger partial charge in [-0.2, -0.15) is 0 Å². The Bertz CT molecular complexity index is 2870. The highest BCUT2D eigenvalue weighted by Crippen LogP contribution is 2.31. The van der Waals surface area contributed by atoms with Gasteiger partial charge >= 0.3 is 18.2 Å². The fourth-order valence-electron chi connectivity index (χ4n) is 8.52. The van der Waals surface area contributed by atoms with Crippen molar-refractivity contribution in [2.45, 2.75) is 111 Å². The largest absolute Gasteiger partial charge is 0.461 e. The standard InChI is InChI=1S/C27H30ClN5O3.C23H30ClIN4O4/c1-27(2,3)36-26(35)29-18-10-8-14-32(16-18)25-31-22-19-11-5-7-13-21(19)30-24(34)23(22)33(25)15-17-9-4-6-12-20(17)28;1-5-32-20(30)18-19(25)27-21(29(18)13-15-9-6-7-11-17(15)24)28-12-8-10-16(14-28)26-22(31)33-23(2,3)4/h4-7,9,11-13,18H,8,10,14-16H2,1-3H3,(H,29,35)(H,30,34);6-7,9,11,16H,5,8,10,12-14H2,1-4H3,(H,26,31)/t18-;16-/m11/s1. The summed E-state index contributed by atoms with van der Waals surface area (Å²) in [5, 5.41) is 8.09. The lowest BCUT2D eigenvalue weighted by Gasteiger charge is -2.34. The number of para-hydroxylation sites is 1. The number of H-pyrrole nitrogens is 1. The number of hydrogen-bond acceptors (Lipinski definition) is 11. The maximum atomic E-state index is 13.3. The molecular formula is C50H60Cl2IN9O7. The fraction of sp³-hybridized carbons (Fsp3) is 0.440. The van der Waals surface area contributed by atoms with E-state index in [1.807, 2.05) is 123 Å². The molecule has 0 bridgehead atoms. The summed E-state index contributed by atoms with van der Waals surface area (Å²) in [6, 6.07) is 22.6. The maximum Gasteiger partial charge on any atom is 0.407 e. The first-order valence-corrected chi connectivity index (χ1v) is 25.0. The molecule has 2 fully saturated rings. The molecule has 2 amide bonds. The molecule has 2 aliphatic heterocycles. The van der Waals surface area contributed by atoms with E-state index < -0.39 is 29.4 Å². The van der Waals surface area contributed by atoms with Crippen LogP contribution in [0.1, 0.15) is 95.8 Å². The summed E-state index contributed by atoms with van der Waals surface area (Å²) in [6.45, 7) is 16.5. The zero-order chi connectivity index (χ0) is 49.6. The molecule has 368 valence electrons. The van der Waals surface area contributed by atoms with Gasteiger partial charge in [-0.15, -0.1) is 0 Å². The lowest BCUT2D eigenvalue weighted by Crippen LogP contribution is -2.49. The number of piperidine rings is 2. The average Bonchev–Trinajstić information content (AvgIpc) is 3.82. The van der Waals surface area contributed by atoms with Crippen LogP contribution in [0.2, 0.25) is 10.0 Å². The summed E-state index contributed by atoms with van der Waals surface area (Å²) in [7, 11) is 0. The van der Waals surface area contributed by atoms with Gasteiger partial charge in [0, 0.05) is 53.7 Å². The van der Waals surface area contributed by atoms with E-state index in [-0.39, 0.29) is 24.2 Å². The molecule has 3 N–H and O–H groups in total. The van der Waals surface area contributed by atoms with E-state index in [0.29, 0.717) is 68.5 Å². The number of nitrogens with zero attached hydrogens (tertiary/aromatic N) is 6. The number of amides is 2. The molecule has 3 aromatic heterocycles. The molecule has 16 nitrogen and oxygen atoms in total. The number of pyridine rings is 1. The number of anilines is 2. The van der Waals surface area contributed by atoms with Crippen molar-refractivity contribution in [3.63, 3.8) is 0 Å². The highest BCUT2D eigenvalue weighted by molar-refractivity contribution is 14.1. The van der Waals surface area contributed by atoms with Crippen LogP contribution in [0.15, 0.2) is 77.6 Å². The van der Waals surface area contributed by atoms with Crippen molar-refractivity contribution < 1.29 is 28.6 Å². The van der Waals surface area contributed by atoms with Crippen LogP contribution in [-0.2, 0) is 27.3 Å². The van der Waals surface area contributed by atoms with Gasteiger partial charge in [-0.05, 0) is 126 Å². The highest BCUT2D eigenvalue weighted by atomic mass is 127. The minimum atomic E-state index is -0.566. The van der Waals surface area contributed by atoms with Gasteiger partial charge in [0.05, 0.1) is 25.2 Å². The molecule has 6 aromatic rings. The molecule has 0 radical (unpaired) electrons. The molecular weight excluding hydrogens is 1040 g/mol. The molecule has 0 unspecified atom stereocenters. The zero-order valence-corrected chi connectivity index (χ0v) is 43.7. The van der Waals surface area contributed by atoms with Gasteiger partial charge in [0.2, 0.25) is 11.9 Å². The minimum absolute atomic E-state index is 0.0947. The van der Waals surface area contributed by atoms with Gasteiger partial charge in [0.25, 0.3) is 5.56 Å². The third-order valence-corrected chi connectivity index (χ3v) is 12.9. The second-order valence-electron chi connectivity index (χ2n) is 19.1. The van der Waals surface area contributed by atoms with Crippen molar-refractivity contribution >= 4 is 97.8 Å². The Hall–Kier alpha value is -5.53. The number of aromatic nitrogens is 5. The number of nitrogens with one attached hydrogen (secondary N) is 3. The van der Waals surface area contributed by atoms with Crippen LogP contribution < -0.4 is 26.0 Å². The molecule has 0 saturated carbocycles. The maximum absolute atomic E-state index is 13.3. The Kier molecular flexibility index (Phi) is 16.4. The smallest absolute Gasteiger partial charge is 0.407 e. The monoisotopic (exact) mass is 1100 g/mol. The molecule has 0 spiro atoms. The SMILES string of the molecule is CC(C)(C)OC(=O)N[C@@H]1CCCN(c2nc3c4ccccc4[nH]c(=O)c3n2Cc2ccccc2Cl)C1.CCOC(=O)c1c(I)nc(N2CCC[C@@H](NC(=O)OC(C)(C)C)C2)n1Cc1ccccc1Cl. The van der Waals surface area contributed by atoms with Crippen molar-refractivity contribution in [1.29, 1.82) is 0 Å². The minimum Gasteiger partial charge on any atom is -0.461 e. The van der Waals surface area contributed by atoms with Crippen molar-refractivity contribution in [1.82, 2.24) is 34.7 Å². The molecule has 3 aromatic carbocycles. The Morgan fingerprint density at radius 3 is 1.75 bits per heavy atom. The predicted molar refractivity (Wildman–Crippen MR) is 279 cm³/mol. The van der Waals surface area contributed by atoms with Crippen LogP contribution >= 0.6 is 45.8 Å². The molecule has 69 heavy (non-hydrogen) atoms. The van der Waals surface area contributed by atoms with Crippen molar-refractivity contribution in [3.05, 3.63) is 114 Å². The Balaban J connectivity index is 0.000000205. The summed E-state index contributed by atoms with van der Waals surface area (Å²) >= 11 is 15.0. The molecule has 8 rings (SSSR count). The summed E-state index contributed by atoms with van der Waals surface area (Å²) in [4.78, 5) is 67.7. The van der Waals surface area contributed by atoms with Crippen LogP contribution in [0.5, 0.6) is 0 Å². The topological polar surface area (TPSA) is 178 Å². The fourth-order valence-corrected chi connectivity index (χ4v) is 9.64. The van der Waals surface area contributed by atoms with Crippen LogP contribution in [0, 0.1) is 3.70 Å². The van der Waals surface area contributed by atoms with E-state index in [2.05, 4.69) is 48.0 Å². The number of fused-ring (bicyclic) bond motifs is 3. The third-order valence-electron chi connectivity index (χ3n) is 11.4. The number of carbonyl (C=O) groups is 3. The van der Waals surface area contributed by atoms with Gasteiger partial charge in [-0.3, -0.25) is 9.36 Å². The van der Waals surface area contributed by atoms with Crippen molar-refractivity contribution in [2.24, 2.45) is 0 Å². The summed E-state index contributed by atoms with van der Waals surface area (Å²) in [6.07, 6.45) is 2.54. The first kappa shape index (κ1) is 51.3. The van der Waals surface area contributed by atoms with Crippen LogP contribution in [0.3, 0.4) is 0 Å². The van der Waals surface area contributed by atoms with E-state index in [1.54, 1.807) is 6.92 Å². The summed E-state index contributed by atoms with van der Waals surface area (Å²) in [5.41, 5.74) is 2.74. The van der Waals surface area contributed by atoms with Crippen LogP contribution in [-0.4, -0.2) is 98.3 Å². The van der Waals surface area contributed by atoms with Gasteiger partial charge in [0.15, 0.2) is 5.69 Å². The quantitative estimate of drug-likeness (QED) is 0.0676. The second kappa shape index (κ2) is 22.0. The van der Waals surface area contributed by atoms with Crippen molar-refractivity contribution in [3.8, 4) is 0 Å². The Morgan fingerprint density at radius 2 is 1.23 bits per heavy atom. The first-order valence-electron chi connectivity index (χ1n) is 23.2. The second-order valence-corrected chi connectivity index (χ2v) is 20.9. The lowest BCUT2D eigenvalue weighted by atomic mass is 10.1. The number of halogens is 3. The Labute approximate surface area is 425 Å². The number of hydrogen-bond donors (Lipinski definition) is 3. The van der Waals surface area contributed by atoms with Gasteiger partial charge in [0.1, 0.15) is 25.9 Å². The number of imidazole rings is 2. The average molecular weight is 1100 g/mol. The van der Waals surface area contributed by atoms with Gasteiger partial charge in [-0.1, -0.05) is 77.8 Å². The molecule has 2 atom stereocenters. The van der Waals surface area contributed by atoms with E-state index in [4.69, 9.17) is 47.4 Å². The number of ether oxygens (including phenoxy) is 3. The van der Waals surface area contributed by atoms with E-state index in [9.17, 15) is 19.2 Å². The van der Waals surface area contributed by atoms with Gasteiger partial charge < -0.3 is 44.2 Å². The molecule has 5 heterocycles. The number of rotatable bonds is 10. The molecule has 0 aliphatic carbocycles. The number of esters is 1. The molecule has 2 saturated heterocycles. The molecule has 2 aliphatic rings. The number of benzene rings is 3. The highest BCUT2D eigenvalue weighted by Gasteiger charge is 2.32. The Morgan fingerprint density at radius 1 is 0.739 bits per heavy atom. The third kappa shape index (κ3) is 13.0. The zero-order valence-electron chi connectivity index (χ0n) is 40.0. The van der Waals surface area contributed by atoms with Crippen LogP contribution in [0.25, 0.3) is 21.9 Å². The summed E-state index contributed by atoms with van der Waals surface area (Å²) < 4.78 is 20.5. The lowest BCUT2D eigenvalue weighted by molar-refractivity contribution is 0.0487. The predicted octanol–water partition coefficient (Wildman–Crippen LogP) is 9.93. The first-order chi connectivity index (χ1) is 32.8. The van der Waals surface area contributed by atoms with E-state index in [1.165, 1.54) is 0 Å². The van der Waals surface area contributed by atoms with Crippen LogP contribution in [0.4, 0.5) is 21.5 Å². The van der Waals surface area contributed by atoms with Crippen molar-refractivity contribution in [2.75, 3.05) is 42.6 Å². The normalized spacial score (nSPS) is 16.4. The summed E-state index contributed by atoms with van der Waals surface area (Å²) in [5.74, 6) is 0.911. The number of aromatic amines is 1. The van der Waals surface area contributed by atoms with Gasteiger partial charge in [-0.25, -0.2) is 24.4 Å². The number of carbonyl (C=O) groups excluding carboxylic acids is 3. The molecule has 19 heteroatoms.